The van der Waals surface area contributed by atoms with Crippen LogP contribution in [0.15, 0.2) is 30.3 Å². The molecule has 2 aliphatic heterocycles. The van der Waals surface area contributed by atoms with E-state index in [4.69, 9.17) is 0 Å². The largest absolute Gasteiger partial charge is 0.481 e. The second kappa shape index (κ2) is 6.93. The molecule has 3 rings (SSSR count). The van der Waals surface area contributed by atoms with E-state index in [1.807, 2.05) is 6.07 Å². The van der Waals surface area contributed by atoms with Gasteiger partial charge in [0.2, 0.25) is 5.91 Å². The van der Waals surface area contributed by atoms with Gasteiger partial charge in [-0.15, -0.1) is 0 Å². The van der Waals surface area contributed by atoms with Crippen molar-refractivity contribution in [2.75, 3.05) is 26.2 Å². The van der Waals surface area contributed by atoms with E-state index in [1.165, 1.54) is 5.56 Å². The lowest BCUT2D eigenvalue weighted by atomic mass is 9.90. The SMILES string of the molecule is CC1(C(=O)O)CCN(C(=O)C2CCN(Cc3ccccc3)CC2)C1. The van der Waals surface area contributed by atoms with Crippen molar-refractivity contribution in [2.45, 2.75) is 32.7 Å². The van der Waals surface area contributed by atoms with Crippen LogP contribution in [-0.2, 0) is 16.1 Å². The Morgan fingerprint density at radius 2 is 1.83 bits per heavy atom. The van der Waals surface area contributed by atoms with Gasteiger partial charge in [-0.2, -0.15) is 0 Å². The number of hydrogen-bond donors (Lipinski definition) is 1. The van der Waals surface area contributed by atoms with Gasteiger partial charge in [0.25, 0.3) is 0 Å². The van der Waals surface area contributed by atoms with Crippen molar-refractivity contribution in [1.82, 2.24) is 9.80 Å². The quantitative estimate of drug-likeness (QED) is 0.919. The molecule has 1 N–H and O–H groups in total. The number of rotatable bonds is 4. The summed E-state index contributed by atoms with van der Waals surface area (Å²) in [5.41, 5.74) is 0.531. The smallest absolute Gasteiger partial charge is 0.311 e. The van der Waals surface area contributed by atoms with Crippen LogP contribution in [0.4, 0.5) is 0 Å². The summed E-state index contributed by atoms with van der Waals surface area (Å²) in [6, 6.07) is 10.4. The fraction of sp³-hybridized carbons (Fsp3) is 0.579. The predicted octanol–water partition coefficient (Wildman–Crippen LogP) is 2.22. The van der Waals surface area contributed by atoms with Crippen molar-refractivity contribution in [1.29, 1.82) is 0 Å². The van der Waals surface area contributed by atoms with Crippen molar-refractivity contribution in [3.05, 3.63) is 35.9 Å². The number of hydrogen-bond acceptors (Lipinski definition) is 3. The van der Waals surface area contributed by atoms with Crippen LogP contribution >= 0.6 is 0 Å². The molecule has 5 nitrogen and oxygen atoms in total. The topological polar surface area (TPSA) is 60.9 Å². The summed E-state index contributed by atoms with van der Waals surface area (Å²) in [5, 5.41) is 9.31. The Balaban J connectivity index is 1.50. The van der Waals surface area contributed by atoms with Gasteiger partial charge in [0.15, 0.2) is 0 Å². The molecule has 2 heterocycles. The highest BCUT2D eigenvalue weighted by atomic mass is 16.4. The summed E-state index contributed by atoms with van der Waals surface area (Å²) in [6.45, 7) is 5.45. The molecule has 0 spiro atoms. The molecule has 2 fully saturated rings. The summed E-state index contributed by atoms with van der Waals surface area (Å²) in [4.78, 5) is 28.2. The molecule has 1 atom stereocenters. The third-order valence-electron chi connectivity index (χ3n) is 5.49. The number of carbonyl (C=O) groups is 2. The lowest BCUT2D eigenvalue weighted by molar-refractivity contribution is -0.147. The molecule has 2 saturated heterocycles. The van der Waals surface area contributed by atoms with Gasteiger partial charge < -0.3 is 10.0 Å². The first-order valence-electron chi connectivity index (χ1n) is 8.76. The van der Waals surface area contributed by atoms with Gasteiger partial charge >= 0.3 is 5.97 Å². The second-order valence-electron chi connectivity index (χ2n) is 7.41. The van der Waals surface area contributed by atoms with Crippen molar-refractivity contribution in [2.24, 2.45) is 11.3 Å². The lowest BCUT2D eigenvalue weighted by Gasteiger charge is -2.33. The Labute approximate surface area is 143 Å². The number of benzene rings is 1. The summed E-state index contributed by atoms with van der Waals surface area (Å²) in [5.74, 6) is -0.594. The number of carboxylic acid groups (broad SMARTS) is 1. The Morgan fingerprint density at radius 3 is 2.42 bits per heavy atom. The first-order chi connectivity index (χ1) is 11.5. The summed E-state index contributed by atoms with van der Waals surface area (Å²) >= 11 is 0. The molecule has 1 unspecified atom stereocenters. The van der Waals surface area contributed by atoms with Crippen LogP contribution in [0.5, 0.6) is 0 Å². The maximum atomic E-state index is 12.7. The average Bonchev–Trinajstić information content (AvgIpc) is 3.00. The van der Waals surface area contributed by atoms with E-state index < -0.39 is 11.4 Å². The highest BCUT2D eigenvalue weighted by Gasteiger charge is 2.43. The van der Waals surface area contributed by atoms with Crippen LogP contribution in [0.3, 0.4) is 0 Å². The van der Waals surface area contributed by atoms with E-state index in [1.54, 1.807) is 11.8 Å². The minimum absolute atomic E-state index is 0.0492. The molecule has 0 bridgehead atoms. The van der Waals surface area contributed by atoms with Gasteiger partial charge in [0, 0.05) is 25.6 Å². The maximum absolute atomic E-state index is 12.7. The zero-order valence-corrected chi connectivity index (χ0v) is 14.3. The van der Waals surface area contributed by atoms with E-state index in [0.717, 1.165) is 32.5 Å². The molecular weight excluding hydrogens is 304 g/mol. The number of aliphatic carboxylic acids is 1. The fourth-order valence-electron chi connectivity index (χ4n) is 3.76. The highest BCUT2D eigenvalue weighted by molar-refractivity contribution is 5.82. The third kappa shape index (κ3) is 3.61. The summed E-state index contributed by atoms with van der Waals surface area (Å²) < 4.78 is 0. The molecule has 24 heavy (non-hydrogen) atoms. The van der Waals surface area contributed by atoms with Crippen LogP contribution in [-0.4, -0.2) is 53.0 Å². The van der Waals surface area contributed by atoms with Gasteiger partial charge in [0.05, 0.1) is 5.41 Å². The van der Waals surface area contributed by atoms with E-state index in [0.29, 0.717) is 19.5 Å². The van der Waals surface area contributed by atoms with Crippen molar-refractivity contribution in [3.63, 3.8) is 0 Å². The standard InChI is InChI=1S/C19H26N2O3/c1-19(18(23)24)9-12-21(14-19)17(22)16-7-10-20(11-8-16)13-15-5-3-2-4-6-15/h2-6,16H,7-14H2,1H3,(H,23,24). The zero-order valence-electron chi connectivity index (χ0n) is 14.3. The Bertz CT molecular complexity index is 596. The van der Waals surface area contributed by atoms with E-state index in [9.17, 15) is 14.7 Å². The molecular formula is C19H26N2O3. The Kier molecular flexibility index (Phi) is 4.90. The molecule has 130 valence electrons. The Morgan fingerprint density at radius 1 is 1.17 bits per heavy atom. The van der Waals surface area contributed by atoms with Crippen LogP contribution in [0.25, 0.3) is 0 Å². The molecule has 5 heteroatoms. The summed E-state index contributed by atoms with van der Waals surface area (Å²) in [7, 11) is 0. The number of amides is 1. The first-order valence-corrected chi connectivity index (χ1v) is 8.76. The molecule has 0 radical (unpaired) electrons. The van der Waals surface area contributed by atoms with Gasteiger partial charge in [-0.05, 0) is 44.8 Å². The number of piperidine rings is 1. The average molecular weight is 330 g/mol. The molecule has 2 aliphatic rings. The predicted molar refractivity (Wildman–Crippen MR) is 91.4 cm³/mol. The molecule has 1 aromatic carbocycles. The number of carbonyl (C=O) groups excluding carboxylic acids is 1. The third-order valence-corrected chi connectivity index (χ3v) is 5.49. The fourth-order valence-corrected chi connectivity index (χ4v) is 3.76. The van der Waals surface area contributed by atoms with Gasteiger partial charge in [-0.1, -0.05) is 30.3 Å². The summed E-state index contributed by atoms with van der Waals surface area (Å²) in [6.07, 6.45) is 2.29. The van der Waals surface area contributed by atoms with Gasteiger partial charge in [-0.25, -0.2) is 0 Å². The maximum Gasteiger partial charge on any atom is 0.311 e. The number of carboxylic acids is 1. The normalized spacial score (nSPS) is 25.8. The first kappa shape index (κ1) is 17.0. The monoisotopic (exact) mass is 330 g/mol. The van der Waals surface area contributed by atoms with E-state index in [2.05, 4.69) is 29.2 Å². The van der Waals surface area contributed by atoms with Crippen molar-refractivity contribution in [3.8, 4) is 0 Å². The van der Waals surface area contributed by atoms with Crippen LogP contribution in [0, 0.1) is 11.3 Å². The second-order valence-corrected chi connectivity index (χ2v) is 7.41. The van der Waals surface area contributed by atoms with Gasteiger partial charge in [0.1, 0.15) is 0 Å². The Hall–Kier alpha value is -1.88. The zero-order chi connectivity index (χ0) is 17.2. The molecule has 0 saturated carbocycles. The van der Waals surface area contributed by atoms with E-state index in [-0.39, 0.29) is 11.8 Å². The van der Waals surface area contributed by atoms with Crippen LogP contribution in [0.2, 0.25) is 0 Å². The van der Waals surface area contributed by atoms with Gasteiger partial charge in [-0.3, -0.25) is 14.5 Å². The van der Waals surface area contributed by atoms with E-state index >= 15 is 0 Å². The minimum atomic E-state index is -0.796. The van der Waals surface area contributed by atoms with Crippen LogP contribution < -0.4 is 0 Å². The minimum Gasteiger partial charge on any atom is -0.481 e. The molecule has 1 aromatic rings. The van der Waals surface area contributed by atoms with Crippen LogP contribution in [0.1, 0.15) is 31.7 Å². The van der Waals surface area contributed by atoms with Crippen molar-refractivity contribution >= 4 is 11.9 Å². The number of nitrogens with zero attached hydrogens (tertiary/aromatic N) is 2. The molecule has 1 amide bonds. The highest BCUT2D eigenvalue weighted by Crippen LogP contribution is 2.32. The number of likely N-dealkylation sites (tertiary alicyclic amines) is 2. The van der Waals surface area contributed by atoms with Crippen molar-refractivity contribution < 1.29 is 14.7 Å². The molecule has 0 aromatic heterocycles. The lowest BCUT2D eigenvalue weighted by Crippen LogP contribution is -2.42. The molecule has 0 aliphatic carbocycles.